The van der Waals surface area contributed by atoms with Crippen LogP contribution in [0.2, 0.25) is 0 Å². The monoisotopic (exact) mass is 555 g/mol. The molecule has 40 heavy (non-hydrogen) atoms. The lowest BCUT2D eigenvalue weighted by Crippen LogP contribution is -2.21. The predicted octanol–water partition coefficient (Wildman–Crippen LogP) is 6.00. The first-order valence-electron chi connectivity index (χ1n) is 12.6. The topological polar surface area (TPSA) is 120 Å². The Hall–Kier alpha value is -4.54. The number of aromatic nitrogens is 2. The molecule has 1 aromatic carbocycles. The molecule has 0 aliphatic heterocycles. The van der Waals surface area contributed by atoms with Gasteiger partial charge < -0.3 is 24.6 Å². The number of carbonyl (C=O) groups is 2. The minimum Gasteiger partial charge on any atom is -0.506 e. The van der Waals surface area contributed by atoms with Crippen LogP contribution in [0.25, 0.3) is 17.0 Å². The molecule has 11 heteroatoms. The maximum Gasteiger partial charge on any atom is 0.349 e. The summed E-state index contributed by atoms with van der Waals surface area (Å²) in [6.45, 7) is 8.45. The quantitative estimate of drug-likeness (QED) is 0.102. The fraction of sp³-hybridized carbons (Fsp3) is 0.310. The van der Waals surface area contributed by atoms with Crippen molar-refractivity contribution in [1.29, 1.82) is 0 Å². The summed E-state index contributed by atoms with van der Waals surface area (Å²) in [7, 11) is 1.30. The third-order valence-corrected chi connectivity index (χ3v) is 5.84. The molecule has 0 amide bonds. The number of ether oxygens (including phenoxy) is 3. The number of hydrogen-bond acceptors (Lipinski definition) is 9. The zero-order valence-corrected chi connectivity index (χ0v) is 23.1. The minimum absolute atomic E-state index is 0.0176. The highest BCUT2D eigenvalue weighted by molar-refractivity contribution is 6.19. The van der Waals surface area contributed by atoms with Crippen molar-refractivity contribution >= 4 is 29.2 Å². The molecule has 3 aromatic rings. The maximum absolute atomic E-state index is 15.7. The highest BCUT2D eigenvalue weighted by Crippen LogP contribution is 2.38. The molecule has 0 spiro atoms. The summed E-state index contributed by atoms with van der Waals surface area (Å²) in [5.41, 5.74) is -0.0615. The van der Waals surface area contributed by atoms with Crippen molar-refractivity contribution in [2.24, 2.45) is 0 Å². The van der Waals surface area contributed by atoms with Gasteiger partial charge in [0.1, 0.15) is 28.8 Å². The standard InChI is InChI=1S/C29H31F2N3O6/c1-7-39-28(36)22(29(37)40-8-2)26(35)17-14-19(31)25(21-18(30)10-9-11-20(21)38-6)34-27(17)33-24-16(5)12-13-32-23(24)15(3)4/h9-15,35H,7-8H2,1-6H3,(H,33,34). The first-order chi connectivity index (χ1) is 19.0. The van der Waals surface area contributed by atoms with Gasteiger partial charge in [-0.15, -0.1) is 0 Å². The van der Waals surface area contributed by atoms with E-state index in [2.05, 4.69) is 15.3 Å². The van der Waals surface area contributed by atoms with Gasteiger partial charge in [0.15, 0.2) is 11.4 Å². The summed E-state index contributed by atoms with van der Waals surface area (Å²) in [6.07, 6.45) is 1.63. The highest BCUT2D eigenvalue weighted by Gasteiger charge is 2.30. The van der Waals surface area contributed by atoms with Gasteiger partial charge in [-0.25, -0.2) is 23.4 Å². The van der Waals surface area contributed by atoms with E-state index in [1.54, 1.807) is 19.2 Å². The Labute approximate surface area is 230 Å². The van der Waals surface area contributed by atoms with Crippen LogP contribution in [0, 0.1) is 18.6 Å². The zero-order chi connectivity index (χ0) is 29.6. The van der Waals surface area contributed by atoms with Crippen LogP contribution in [0.15, 0.2) is 42.1 Å². The SMILES string of the molecule is CCOC(=O)C(C(=O)OCC)=C(O)c1cc(F)c(-c2c(F)cccc2OC)nc1Nc1c(C)ccnc1C(C)C. The van der Waals surface area contributed by atoms with E-state index in [1.165, 1.54) is 33.1 Å². The summed E-state index contributed by atoms with van der Waals surface area (Å²) < 4.78 is 45.8. The van der Waals surface area contributed by atoms with Gasteiger partial charge in [-0.05, 0) is 56.5 Å². The van der Waals surface area contributed by atoms with Crippen LogP contribution in [0.3, 0.4) is 0 Å². The molecule has 2 heterocycles. The number of hydrogen-bond donors (Lipinski definition) is 2. The largest absolute Gasteiger partial charge is 0.506 e. The molecule has 2 N–H and O–H groups in total. The van der Waals surface area contributed by atoms with Crippen molar-refractivity contribution < 1.29 is 37.7 Å². The summed E-state index contributed by atoms with van der Waals surface area (Å²) >= 11 is 0. The molecule has 2 aromatic heterocycles. The molecular weight excluding hydrogens is 524 g/mol. The number of pyridine rings is 2. The molecule has 0 atom stereocenters. The van der Waals surface area contributed by atoms with Gasteiger partial charge in [-0.1, -0.05) is 19.9 Å². The fourth-order valence-electron chi connectivity index (χ4n) is 3.96. The van der Waals surface area contributed by atoms with E-state index in [4.69, 9.17) is 14.2 Å². The second-order valence-corrected chi connectivity index (χ2v) is 8.86. The number of aryl methyl sites for hydroxylation is 1. The molecule has 9 nitrogen and oxygen atoms in total. The van der Waals surface area contributed by atoms with E-state index in [0.29, 0.717) is 11.4 Å². The van der Waals surface area contributed by atoms with Gasteiger partial charge in [0.2, 0.25) is 0 Å². The number of esters is 2. The molecule has 3 rings (SSSR count). The summed E-state index contributed by atoms with van der Waals surface area (Å²) in [4.78, 5) is 34.1. The number of carbonyl (C=O) groups excluding carboxylic acids is 2. The molecule has 0 fully saturated rings. The van der Waals surface area contributed by atoms with Crippen molar-refractivity contribution in [1.82, 2.24) is 9.97 Å². The summed E-state index contributed by atoms with van der Waals surface area (Å²) in [5.74, 6) is -5.39. The average Bonchev–Trinajstić information content (AvgIpc) is 2.90. The van der Waals surface area contributed by atoms with Crippen molar-refractivity contribution in [3.8, 4) is 17.0 Å². The number of aliphatic hydroxyl groups is 1. The number of rotatable bonds is 10. The van der Waals surface area contributed by atoms with Crippen molar-refractivity contribution in [2.45, 2.75) is 40.5 Å². The van der Waals surface area contributed by atoms with E-state index < -0.39 is 40.6 Å². The Balaban J connectivity index is 2.40. The van der Waals surface area contributed by atoms with Crippen LogP contribution < -0.4 is 10.1 Å². The Bertz CT molecular complexity index is 1440. The second-order valence-electron chi connectivity index (χ2n) is 8.86. The number of aliphatic hydroxyl groups excluding tert-OH is 1. The number of benzene rings is 1. The summed E-state index contributed by atoms with van der Waals surface area (Å²) in [5, 5.41) is 14.3. The molecule has 0 saturated carbocycles. The van der Waals surface area contributed by atoms with Crippen LogP contribution >= 0.6 is 0 Å². The number of nitrogens with one attached hydrogen (secondary N) is 1. The predicted molar refractivity (Wildman–Crippen MR) is 145 cm³/mol. The number of anilines is 2. The highest BCUT2D eigenvalue weighted by atomic mass is 19.1. The average molecular weight is 556 g/mol. The lowest BCUT2D eigenvalue weighted by Gasteiger charge is -2.20. The van der Waals surface area contributed by atoms with E-state index >= 15 is 4.39 Å². The Morgan fingerprint density at radius 3 is 2.27 bits per heavy atom. The van der Waals surface area contributed by atoms with E-state index in [9.17, 15) is 19.1 Å². The van der Waals surface area contributed by atoms with Crippen LogP contribution in [0.5, 0.6) is 5.75 Å². The Morgan fingerprint density at radius 2 is 1.70 bits per heavy atom. The maximum atomic E-state index is 15.7. The van der Waals surface area contributed by atoms with Crippen molar-refractivity contribution in [2.75, 3.05) is 25.6 Å². The molecule has 0 aliphatic carbocycles. The number of halogens is 2. The first-order valence-corrected chi connectivity index (χ1v) is 12.6. The zero-order valence-electron chi connectivity index (χ0n) is 23.1. The van der Waals surface area contributed by atoms with Gasteiger partial charge in [-0.3, -0.25) is 4.98 Å². The van der Waals surface area contributed by atoms with Gasteiger partial charge in [0, 0.05) is 6.20 Å². The molecule has 0 radical (unpaired) electrons. The van der Waals surface area contributed by atoms with Crippen LogP contribution in [0.1, 0.15) is 50.4 Å². The minimum atomic E-state index is -1.18. The van der Waals surface area contributed by atoms with Crippen molar-refractivity contribution in [3.63, 3.8) is 0 Å². The van der Waals surface area contributed by atoms with Gasteiger partial charge >= 0.3 is 11.9 Å². The van der Waals surface area contributed by atoms with E-state index in [-0.39, 0.29) is 41.8 Å². The van der Waals surface area contributed by atoms with Crippen LogP contribution in [0.4, 0.5) is 20.3 Å². The lowest BCUT2D eigenvalue weighted by molar-refractivity contribution is -0.146. The van der Waals surface area contributed by atoms with E-state index in [1.807, 2.05) is 13.8 Å². The first kappa shape index (κ1) is 30.0. The normalized spacial score (nSPS) is 10.7. The number of methoxy groups -OCH3 is 1. The van der Waals surface area contributed by atoms with Crippen molar-refractivity contribution in [3.05, 3.63) is 70.6 Å². The third kappa shape index (κ3) is 6.19. The molecule has 0 unspecified atom stereocenters. The molecule has 0 bridgehead atoms. The van der Waals surface area contributed by atoms with Crippen LogP contribution in [-0.4, -0.2) is 47.3 Å². The lowest BCUT2D eigenvalue weighted by atomic mass is 10.0. The second kappa shape index (κ2) is 13.0. The summed E-state index contributed by atoms with van der Waals surface area (Å²) in [6, 6.07) is 6.54. The van der Waals surface area contributed by atoms with E-state index in [0.717, 1.165) is 17.7 Å². The number of nitrogens with zero attached hydrogens (tertiary/aromatic N) is 2. The Kier molecular flexibility index (Phi) is 9.76. The Morgan fingerprint density at radius 1 is 1.05 bits per heavy atom. The fourth-order valence-corrected chi connectivity index (χ4v) is 3.96. The van der Waals surface area contributed by atoms with Gasteiger partial charge in [0.05, 0.1) is 42.8 Å². The smallest absolute Gasteiger partial charge is 0.349 e. The molecule has 0 saturated heterocycles. The molecule has 0 aliphatic rings. The third-order valence-electron chi connectivity index (χ3n) is 5.84. The van der Waals surface area contributed by atoms with Crippen LogP contribution in [-0.2, 0) is 19.1 Å². The van der Waals surface area contributed by atoms with Gasteiger partial charge in [0.25, 0.3) is 0 Å². The molecule has 212 valence electrons. The van der Waals surface area contributed by atoms with Gasteiger partial charge in [-0.2, -0.15) is 0 Å². The molecular formula is C29H31F2N3O6.